The lowest BCUT2D eigenvalue weighted by Gasteiger charge is -2.15. The highest BCUT2D eigenvalue weighted by atomic mass is 16.1. The van der Waals surface area contributed by atoms with Crippen molar-refractivity contribution in [1.82, 2.24) is 9.55 Å². The molecule has 0 radical (unpaired) electrons. The van der Waals surface area contributed by atoms with Crippen LogP contribution in [0.5, 0.6) is 0 Å². The van der Waals surface area contributed by atoms with Crippen molar-refractivity contribution >= 4 is 32.6 Å². The lowest BCUT2D eigenvalue weighted by Crippen LogP contribution is -2.19. The van der Waals surface area contributed by atoms with Crippen molar-refractivity contribution in [3.63, 3.8) is 0 Å². The maximum absolute atomic E-state index is 13.6. The number of nitrogens with zero attached hydrogens (tertiary/aromatic N) is 2. The summed E-state index contributed by atoms with van der Waals surface area (Å²) >= 11 is 0. The third kappa shape index (κ3) is 2.36. The van der Waals surface area contributed by atoms with Crippen LogP contribution in [0.3, 0.4) is 0 Å². The van der Waals surface area contributed by atoms with E-state index in [0.717, 1.165) is 50.2 Å². The fraction of sp³-hybridized carbons (Fsp3) is 0.0833. The van der Waals surface area contributed by atoms with E-state index >= 15 is 0 Å². The van der Waals surface area contributed by atoms with Crippen LogP contribution in [0.1, 0.15) is 12.5 Å². The van der Waals surface area contributed by atoms with Gasteiger partial charge in [0.05, 0.1) is 16.7 Å². The normalized spacial score (nSPS) is 11.4. The van der Waals surface area contributed by atoms with Crippen molar-refractivity contribution in [2.24, 2.45) is 0 Å². The number of fused-ring (bicyclic) bond motifs is 4. The van der Waals surface area contributed by atoms with Gasteiger partial charge in [-0.2, -0.15) is 0 Å². The van der Waals surface area contributed by atoms with E-state index in [0.29, 0.717) is 0 Å². The van der Waals surface area contributed by atoms with Crippen molar-refractivity contribution in [1.29, 1.82) is 0 Å². The quantitative estimate of drug-likeness (QED) is 0.407. The standard InChI is InChI=1S/C24H18N2O/c1-2-16-12-13-18-19-9-3-4-10-21(19)26(24(27)20(18)15-16)22-11-5-7-17-8-6-14-25-23(17)22/h3-15H,2H2,1H3. The Kier molecular flexibility index (Phi) is 3.54. The molecule has 3 aromatic carbocycles. The van der Waals surface area contributed by atoms with Gasteiger partial charge >= 0.3 is 0 Å². The Morgan fingerprint density at radius 2 is 1.70 bits per heavy atom. The minimum Gasteiger partial charge on any atom is -0.274 e. The molecule has 5 rings (SSSR count). The van der Waals surface area contributed by atoms with E-state index in [9.17, 15) is 4.79 Å². The van der Waals surface area contributed by atoms with E-state index in [1.165, 1.54) is 0 Å². The summed E-state index contributed by atoms with van der Waals surface area (Å²) in [5.74, 6) is 0. The van der Waals surface area contributed by atoms with Crippen molar-refractivity contribution in [3.05, 3.63) is 94.9 Å². The van der Waals surface area contributed by atoms with Gasteiger partial charge in [-0.1, -0.05) is 55.5 Å². The van der Waals surface area contributed by atoms with Crippen molar-refractivity contribution < 1.29 is 0 Å². The van der Waals surface area contributed by atoms with Gasteiger partial charge in [0.1, 0.15) is 0 Å². The maximum Gasteiger partial charge on any atom is 0.263 e. The highest BCUT2D eigenvalue weighted by Crippen LogP contribution is 2.28. The van der Waals surface area contributed by atoms with Gasteiger partial charge in [-0.25, -0.2) is 0 Å². The van der Waals surface area contributed by atoms with Crippen LogP contribution in [0.25, 0.3) is 38.3 Å². The molecule has 0 bridgehead atoms. The van der Waals surface area contributed by atoms with Crippen LogP contribution in [-0.4, -0.2) is 9.55 Å². The second-order valence-electron chi connectivity index (χ2n) is 6.74. The number of aryl methyl sites for hydroxylation is 1. The molecule has 0 N–H and O–H groups in total. The summed E-state index contributed by atoms with van der Waals surface area (Å²) in [5, 5.41) is 3.84. The summed E-state index contributed by atoms with van der Waals surface area (Å²) in [5.41, 5.74) is 3.71. The predicted octanol–water partition coefficient (Wildman–Crippen LogP) is 5.25. The lowest BCUT2D eigenvalue weighted by atomic mass is 10.0. The predicted molar refractivity (Wildman–Crippen MR) is 112 cm³/mol. The highest BCUT2D eigenvalue weighted by molar-refractivity contribution is 6.07. The molecule has 0 amide bonds. The molecule has 0 aliphatic carbocycles. The van der Waals surface area contributed by atoms with Crippen LogP contribution in [-0.2, 0) is 6.42 Å². The second-order valence-corrected chi connectivity index (χ2v) is 6.74. The summed E-state index contributed by atoms with van der Waals surface area (Å²) in [6.45, 7) is 2.11. The third-order valence-corrected chi connectivity index (χ3v) is 5.21. The number of hydrogen-bond acceptors (Lipinski definition) is 2. The Balaban J connectivity index is 2.02. The molecular weight excluding hydrogens is 332 g/mol. The fourth-order valence-electron chi connectivity index (χ4n) is 3.86. The van der Waals surface area contributed by atoms with E-state index in [-0.39, 0.29) is 5.56 Å². The molecule has 27 heavy (non-hydrogen) atoms. The molecule has 0 fully saturated rings. The van der Waals surface area contributed by atoms with Crippen molar-refractivity contribution in [2.75, 3.05) is 0 Å². The van der Waals surface area contributed by atoms with Gasteiger partial charge in [-0.15, -0.1) is 0 Å². The molecule has 5 aromatic rings. The minimum absolute atomic E-state index is 0.00264. The van der Waals surface area contributed by atoms with Crippen LogP contribution < -0.4 is 5.56 Å². The first-order valence-corrected chi connectivity index (χ1v) is 9.18. The number of rotatable bonds is 2. The molecule has 0 saturated carbocycles. The van der Waals surface area contributed by atoms with Gasteiger partial charge in [0.15, 0.2) is 0 Å². The first-order chi connectivity index (χ1) is 13.3. The van der Waals surface area contributed by atoms with E-state index in [4.69, 9.17) is 0 Å². The Morgan fingerprint density at radius 3 is 2.59 bits per heavy atom. The van der Waals surface area contributed by atoms with E-state index in [2.05, 4.69) is 30.1 Å². The largest absolute Gasteiger partial charge is 0.274 e. The van der Waals surface area contributed by atoms with Crippen LogP contribution in [0.15, 0.2) is 83.8 Å². The number of benzene rings is 3. The van der Waals surface area contributed by atoms with Crippen molar-refractivity contribution in [2.45, 2.75) is 13.3 Å². The third-order valence-electron chi connectivity index (χ3n) is 5.21. The van der Waals surface area contributed by atoms with Gasteiger partial charge in [0.2, 0.25) is 0 Å². The average molecular weight is 350 g/mol. The fourth-order valence-corrected chi connectivity index (χ4v) is 3.86. The monoisotopic (exact) mass is 350 g/mol. The summed E-state index contributed by atoms with van der Waals surface area (Å²) < 4.78 is 1.81. The Hall–Kier alpha value is -3.46. The summed E-state index contributed by atoms with van der Waals surface area (Å²) in [7, 11) is 0. The number of pyridine rings is 2. The molecule has 3 heteroatoms. The van der Waals surface area contributed by atoms with E-state index in [1.54, 1.807) is 6.20 Å². The van der Waals surface area contributed by atoms with Gasteiger partial charge in [0, 0.05) is 22.4 Å². The van der Waals surface area contributed by atoms with E-state index < -0.39 is 0 Å². The molecule has 3 nitrogen and oxygen atoms in total. The van der Waals surface area contributed by atoms with E-state index in [1.807, 2.05) is 59.2 Å². The molecule has 2 heterocycles. The van der Waals surface area contributed by atoms with Crippen molar-refractivity contribution in [3.8, 4) is 5.69 Å². The first-order valence-electron chi connectivity index (χ1n) is 9.18. The summed E-state index contributed by atoms with van der Waals surface area (Å²) in [6, 6.07) is 24.2. The summed E-state index contributed by atoms with van der Waals surface area (Å²) in [4.78, 5) is 18.1. The number of para-hydroxylation sites is 2. The molecule has 0 atom stereocenters. The molecular formula is C24H18N2O. The van der Waals surface area contributed by atoms with Gasteiger partial charge in [-0.3, -0.25) is 14.3 Å². The SMILES string of the molecule is CCc1ccc2c(c1)c(=O)n(-c1cccc3cccnc13)c1ccccc21. The van der Waals surface area contributed by atoms with Gasteiger partial charge < -0.3 is 0 Å². The Morgan fingerprint density at radius 1 is 0.852 bits per heavy atom. The zero-order valence-electron chi connectivity index (χ0n) is 15.0. The maximum atomic E-state index is 13.6. The topological polar surface area (TPSA) is 34.9 Å². The van der Waals surface area contributed by atoms with Crippen LogP contribution in [0, 0.1) is 0 Å². The molecule has 0 saturated heterocycles. The van der Waals surface area contributed by atoms with Gasteiger partial charge in [0.25, 0.3) is 5.56 Å². The molecule has 0 unspecified atom stereocenters. The van der Waals surface area contributed by atoms with Crippen LogP contribution >= 0.6 is 0 Å². The van der Waals surface area contributed by atoms with Gasteiger partial charge in [-0.05, 0) is 41.6 Å². The number of aromatic nitrogens is 2. The summed E-state index contributed by atoms with van der Waals surface area (Å²) in [6.07, 6.45) is 2.67. The molecule has 130 valence electrons. The van der Waals surface area contributed by atoms with Crippen LogP contribution in [0.2, 0.25) is 0 Å². The first kappa shape index (κ1) is 15.8. The van der Waals surface area contributed by atoms with Crippen LogP contribution in [0.4, 0.5) is 0 Å². The Bertz CT molecular complexity index is 1380. The minimum atomic E-state index is -0.00264. The zero-order chi connectivity index (χ0) is 18.4. The number of hydrogen-bond donors (Lipinski definition) is 0. The second kappa shape index (κ2) is 6.06. The average Bonchev–Trinajstić information content (AvgIpc) is 2.74. The molecule has 0 spiro atoms. The lowest BCUT2D eigenvalue weighted by molar-refractivity contribution is 1.06. The highest BCUT2D eigenvalue weighted by Gasteiger charge is 2.14. The smallest absolute Gasteiger partial charge is 0.263 e. The zero-order valence-corrected chi connectivity index (χ0v) is 15.0. The molecule has 0 aliphatic rings. The molecule has 0 aliphatic heterocycles. The molecule has 2 aromatic heterocycles. The Labute approximate surface area is 156 Å².